The molecule has 6 heteroatoms. The van der Waals surface area contributed by atoms with Crippen LogP contribution >= 0.6 is 0 Å². The Morgan fingerprint density at radius 3 is 2.57 bits per heavy atom. The first-order chi connectivity index (χ1) is 13.7. The number of nitrogens with zero attached hydrogens (tertiary/aromatic N) is 2. The number of carbonyl (C=O) groups excluding carboxylic acids is 1. The van der Waals surface area contributed by atoms with Crippen LogP contribution in [0.15, 0.2) is 60.7 Å². The Hall–Kier alpha value is -3.41. The number of aromatic nitrogens is 2. The second-order valence-corrected chi connectivity index (χ2v) is 6.40. The highest BCUT2D eigenvalue weighted by Gasteiger charge is 2.12. The number of esters is 1. The zero-order chi connectivity index (χ0) is 19.8. The lowest BCUT2D eigenvalue weighted by Gasteiger charge is -2.12. The molecule has 0 fully saturated rings. The Kier molecular flexibility index (Phi) is 6.57. The standard InChI is InChI=1S/C22H24N4O2/c1-16-15-20(23-14-8-11-17-9-4-3-5-10-17)26-22(24-16)25-19-13-7-6-12-18(19)21(27)28-2/h3-7,9-10,12-13,15H,8,11,14H2,1-2H3,(H2,23,24,25,26). The van der Waals surface area contributed by atoms with Gasteiger partial charge in [0.15, 0.2) is 0 Å². The molecular weight excluding hydrogens is 352 g/mol. The van der Waals surface area contributed by atoms with Crippen molar-refractivity contribution in [3.8, 4) is 0 Å². The van der Waals surface area contributed by atoms with E-state index in [4.69, 9.17) is 4.74 Å². The van der Waals surface area contributed by atoms with Crippen molar-refractivity contribution in [2.24, 2.45) is 0 Å². The number of ether oxygens (including phenoxy) is 1. The van der Waals surface area contributed by atoms with Crippen LogP contribution in [0.3, 0.4) is 0 Å². The molecule has 1 aromatic heterocycles. The lowest BCUT2D eigenvalue weighted by Crippen LogP contribution is -2.09. The molecule has 0 unspecified atom stereocenters. The smallest absolute Gasteiger partial charge is 0.339 e. The first-order valence-electron chi connectivity index (χ1n) is 9.23. The van der Waals surface area contributed by atoms with Crippen molar-refractivity contribution < 1.29 is 9.53 Å². The van der Waals surface area contributed by atoms with E-state index in [2.05, 4.69) is 44.9 Å². The van der Waals surface area contributed by atoms with E-state index in [1.807, 2.05) is 25.1 Å². The van der Waals surface area contributed by atoms with Crippen LogP contribution in [0.1, 0.15) is 28.0 Å². The number of aryl methyl sites for hydroxylation is 2. The van der Waals surface area contributed by atoms with Crippen molar-refractivity contribution in [2.45, 2.75) is 19.8 Å². The van der Waals surface area contributed by atoms with Crippen LogP contribution in [-0.4, -0.2) is 29.6 Å². The van der Waals surface area contributed by atoms with Gasteiger partial charge in [-0.1, -0.05) is 42.5 Å². The summed E-state index contributed by atoms with van der Waals surface area (Å²) in [5, 5.41) is 6.47. The van der Waals surface area contributed by atoms with E-state index in [1.165, 1.54) is 12.7 Å². The highest BCUT2D eigenvalue weighted by molar-refractivity contribution is 5.96. The summed E-state index contributed by atoms with van der Waals surface area (Å²) in [4.78, 5) is 20.9. The van der Waals surface area contributed by atoms with Gasteiger partial charge in [-0.3, -0.25) is 0 Å². The molecule has 144 valence electrons. The predicted molar refractivity (Wildman–Crippen MR) is 111 cm³/mol. The van der Waals surface area contributed by atoms with Crippen LogP contribution in [0, 0.1) is 6.92 Å². The van der Waals surface area contributed by atoms with Crippen LogP contribution in [-0.2, 0) is 11.2 Å². The fraction of sp³-hybridized carbons (Fsp3) is 0.227. The van der Waals surface area contributed by atoms with Crippen LogP contribution in [0.2, 0.25) is 0 Å². The van der Waals surface area contributed by atoms with E-state index in [-0.39, 0.29) is 0 Å². The van der Waals surface area contributed by atoms with Gasteiger partial charge >= 0.3 is 5.97 Å². The van der Waals surface area contributed by atoms with Gasteiger partial charge in [0.05, 0.1) is 18.4 Å². The second-order valence-electron chi connectivity index (χ2n) is 6.40. The fourth-order valence-corrected chi connectivity index (χ4v) is 2.87. The summed E-state index contributed by atoms with van der Waals surface area (Å²) < 4.78 is 4.83. The lowest BCUT2D eigenvalue weighted by atomic mass is 10.1. The fourth-order valence-electron chi connectivity index (χ4n) is 2.87. The van der Waals surface area contributed by atoms with Crippen molar-refractivity contribution in [3.63, 3.8) is 0 Å². The van der Waals surface area contributed by atoms with E-state index in [9.17, 15) is 4.79 Å². The summed E-state index contributed by atoms with van der Waals surface area (Å²) >= 11 is 0. The number of hydrogen-bond donors (Lipinski definition) is 2. The summed E-state index contributed by atoms with van der Waals surface area (Å²) in [5.41, 5.74) is 3.20. The lowest BCUT2D eigenvalue weighted by molar-refractivity contribution is 0.0602. The van der Waals surface area contributed by atoms with Gasteiger partial charge in [-0.05, 0) is 37.5 Å². The average Bonchev–Trinajstić information content (AvgIpc) is 2.71. The maximum Gasteiger partial charge on any atom is 0.339 e. The van der Waals surface area contributed by atoms with Gasteiger partial charge in [0.25, 0.3) is 0 Å². The molecule has 2 N–H and O–H groups in total. The highest BCUT2D eigenvalue weighted by Crippen LogP contribution is 2.21. The molecule has 0 aliphatic rings. The highest BCUT2D eigenvalue weighted by atomic mass is 16.5. The quantitative estimate of drug-likeness (QED) is 0.449. The molecule has 0 radical (unpaired) electrons. The molecule has 3 rings (SSSR count). The largest absolute Gasteiger partial charge is 0.465 e. The van der Waals surface area contributed by atoms with E-state index in [0.29, 0.717) is 17.2 Å². The molecular formula is C22H24N4O2. The number of methoxy groups -OCH3 is 1. The molecule has 28 heavy (non-hydrogen) atoms. The first kappa shape index (κ1) is 19.4. The molecule has 0 amide bonds. The molecule has 3 aromatic rings. The molecule has 0 spiro atoms. The average molecular weight is 376 g/mol. The van der Waals surface area contributed by atoms with Crippen LogP contribution < -0.4 is 10.6 Å². The summed E-state index contributed by atoms with van der Waals surface area (Å²) in [6.07, 6.45) is 2.01. The number of nitrogens with one attached hydrogen (secondary N) is 2. The van der Waals surface area contributed by atoms with Gasteiger partial charge in [-0.15, -0.1) is 0 Å². The van der Waals surface area contributed by atoms with E-state index in [1.54, 1.807) is 18.2 Å². The van der Waals surface area contributed by atoms with E-state index in [0.717, 1.165) is 30.9 Å². The minimum atomic E-state index is -0.407. The third-order valence-electron chi connectivity index (χ3n) is 4.22. The molecule has 0 aliphatic carbocycles. The van der Waals surface area contributed by atoms with Gasteiger partial charge in [0.2, 0.25) is 5.95 Å². The Balaban J connectivity index is 1.64. The van der Waals surface area contributed by atoms with Crippen molar-refractivity contribution >= 4 is 23.4 Å². The topological polar surface area (TPSA) is 76.1 Å². The minimum Gasteiger partial charge on any atom is -0.465 e. The summed E-state index contributed by atoms with van der Waals surface area (Å²) in [6.45, 7) is 2.72. The maximum absolute atomic E-state index is 11.9. The van der Waals surface area contributed by atoms with Crippen LogP contribution in [0.25, 0.3) is 0 Å². The van der Waals surface area contributed by atoms with Crippen molar-refractivity contribution in [1.82, 2.24) is 9.97 Å². The number of rotatable bonds is 8. The Bertz CT molecular complexity index is 929. The summed E-state index contributed by atoms with van der Waals surface area (Å²) in [7, 11) is 1.36. The number of para-hydroxylation sites is 1. The minimum absolute atomic E-state index is 0.407. The number of anilines is 3. The normalized spacial score (nSPS) is 10.4. The number of hydrogen-bond acceptors (Lipinski definition) is 6. The number of benzene rings is 2. The molecule has 0 saturated carbocycles. The third kappa shape index (κ3) is 5.30. The number of carbonyl (C=O) groups is 1. The Morgan fingerprint density at radius 1 is 1.04 bits per heavy atom. The SMILES string of the molecule is COC(=O)c1ccccc1Nc1nc(C)cc(NCCCc2ccccc2)n1. The van der Waals surface area contributed by atoms with E-state index < -0.39 is 5.97 Å². The van der Waals surface area contributed by atoms with Crippen molar-refractivity contribution in [1.29, 1.82) is 0 Å². The molecule has 0 bridgehead atoms. The predicted octanol–water partition coefficient (Wildman–Crippen LogP) is 4.36. The van der Waals surface area contributed by atoms with E-state index >= 15 is 0 Å². The molecule has 6 nitrogen and oxygen atoms in total. The van der Waals surface area contributed by atoms with Crippen LogP contribution in [0.5, 0.6) is 0 Å². The zero-order valence-corrected chi connectivity index (χ0v) is 16.1. The van der Waals surface area contributed by atoms with Gasteiger partial charge < -0.3 is 15.4 Å². The molecule has 2 aromatic carbocycles. The second kappa shape index (κ2) is 9.50. The molecule has 0 aliphatic heterocycles. The molecule has 0 atom stereocenters. The maximum atomic E-state index is 11.9. The van der Waals surface area contributed by atoms with Gasteiger partial charge in [0, 0.05) is 18.3 Å². The first-order valence-corrected chi connectivity index (χ1v) is 9.23. The Labute approximate surface area is 165 Å². The van der Waals surface area contributed by atoms with Crippen LogP contribution in [0.4, 0.5) is 17.5 Å². The van der Waals surface area contributed by atoms with Gasteiger partial charge in [0.1, 0.15) is 5.82 Å². The van der Waals surface area contributed by atoms with Gasteiger partial charge in [-0.2, -0.15) is 4.98 Å². The van der Waals surface area contributed by atoms with Crippen molar-refractivity contribution in [2.75, 3.05) is 24.3 Å². The van der Waals surface area contributed by atoms with Crippen molar-refractivity contribution in [3.05, 3.63) is 77.5 Å². The summed E-state index contributed by atoms with van der Waals surface area (Å²) in [5.74, 6) is 0.774. The monoisotopic (exact) mass is 376 g/mol. The van der Waals surface area contributed by atoms with Gasteiger partial charge in [-0.25, -0.2) is 9.78 Å². The summed E-state index contributed by atoms with van der Waals surface area (Å²) in [6, 6.07) is 19.4. The third-order valence-corrected chi connectivity index (χ3v) is 4.22. The zero-order valence-electron chi connectivity index (χ0n) is 16.1. The molecule has 1 heterocycles. The Morgan fingerprint density at radius 2 is 1.79 bits per heavy atom. The molecule has 0 saturated heterocycles.